The average molecular weight is 321 g/mol. The molecule has 1 aliphatic rings. The smallest absolute Gasteiger partial charge is 0.253 e. The van der Waals surface area contributed by atoms with E-state index in [1.54, 1.807) is 18.2 Å². The molecular weight excluding hydrogens is 305 g/mol. The molecule has 0 aromatic heterocycles. The van der Waals surface area contributed by atoms with Gasteiger partial charge in [0, 0.05) is 11.1 Å². The summed E-state index contributed by atoms with van der Waals surface area (Å²) in [6, 6.07) is 4.89. The summed E-state index contributed by atoms with van der Waals surface area (Å²) in [6.45, 7) is 0. The first kappa shape index (κ1) is 15.0. The summed E-state index contributed by atoms with van der Waals surface area (Å²) < 4.78 is 0. The summed E-state index contributed by atoms with van der Waals surface area (Å²) in [5.41, 5.74) is 0.444. The van der Waals surface area contributed by atoms with Crippen LogP contribution in [0.5, 0.6) is 0 Å². The number of carbonyl (C=O) groups excluding carboxylic acids is 1. The van der Waals surface area contributed by atoms with Gasteiger partial charge >= 0.3 is 0 Å². The van der Waals surface area contributed by atoms with E-state index in [0.29, 0.717) is 15.6 Å². The minimum Gasteiger partial charge on any atom is -0.348 e. The maximum absolute atomic E-state index is 12.2. The molecule has 5 heteroatoms. The second kappa shape index (κ2) is 6.83. The number of nitrogens with one attached hydrogen (secondary N) is 1. The van der Waals surface area contributed by atoms with Gasteiger partial charge in [0.25, 0.3) is 5.91 Å². The van der Waals surface area contributed by atoms with E-state index < -0.39 is 0 Å². The van der Waals surface area contributed by atoms with Gasteiger partial charge in [-0.1, -0.05) is 42.5 Å². The fraction of sp³-hybridized carbons (Fsp3) is 0.500. The van der Waals surface area contributed by atoms with Crippen molar-refractivity contribution in [2.24, 2.45) is 0 Å². The van der Waals surface area contributed by atoms with Gasteiger partial charge in [0.1, 0.15) is 0 Å². The minimum atomic E-state index is -0.181. The molecule has 2 unspecified atom stereocenters. The molecule has 1 amide bonds. The molecule has 0 bridgehead atoms. The lowest BCUT2D eigenvalue weighted by atomic mass is 10.1. The van der Waals surface area contributed by atoms with Crippen molar-refractivity contribution in [1.82, 2.24) is 5.32 Å². The summed E-state index contributed by atoms with van der Waals surface area (Å²) in [5.74, 6) is -0.181. The molecule has 2 nitrogen and oxygen atoms in total. The van der Waals surface area contributed by atoms with Gasteiger partial charge in [-0.25, -0.2) is 0 Å². The van der Waals surface area contributed by atoms with Crippen molar-refractivity contribution in [2.45, 2.75) is 43.5 Å². The Labute approximate surface area is 128 Å². The van der Waals surface area contributed by atoms with E-state index in [-0.39, 0.29) is 17.3 Å². The Morgan fingerprint density at radius 2 is 1.89 bits per heavy atom. The van der Waals surface area contributed by atoms with Crippen LogP contribution in [0, 0.1) is 0 Å². The third-order valence-corrected chi connectivity index (χ3v) is 4.49. The second-order valence-corrected chi connectivity index (χ2v) is 6.26. The minimum absolute atomic E-state index is 0.00229. The first-order valence-corrected chi connectivity index (χ1v) is 7.67. The number of alkyl halides is 1. The van der Waals surface area contributed by atoms with Crippen molar-refractivity contribution in [3.05, 3.63) is 33.8 Å². The Balaban J connectivity index is 2.07. The molecule has 0 radical (unpaired) electrons. The topological polar surface area (TPSA) is 29.1 Å². The van der Waals surface area contributed by atoms with Gasteiger partial charge in [0.05, 0.1) is 16.0 Å². The van der Waals surface area contributed by atoms with Crippen LogP contribution in [0.4, 0.5) is 0 Å². The van der Waals surface area contributed by atoms with Crippen LogP contribution in [0.1, 0.15) is 42.5 Å². The number of hydrogen-bond acceptors (Lipinski definition) is 1. The Morgan fingerprint density at radius 3 is 2.63 bits per heavy atom. The molecule has 1 saturated carbocycles. The lowest BCUT2D eigenvalue weighted by Gasteiger charge is -2.21. The number of rotatable bonds is 2. The summed E-state index contributed by atoms with van der Waals surface area (Å²) in [5, 5.41) is 3.87. The van der Waals surface area contributed by atoms with Crippen molar-refractivity contribution in [3.63, 3.8) is 0 Å². The van der Waals surface area contributed by atoms with Crippen LogP contribution in [-0.2, 0) is 0 Å². The molecule has 1 aliphatic carbocycles. The van der Waals surface area contributed by atoms with Crippen molar-refractivity contribution in [1.29, 1.82) is 0 Å². The molecule has 0 spiro atoms. The Kier molecular flexibility index (Phi) is 5.37. The van der Waals surface area contributed by atoms with Crippen molar-refractivity contribution in [3.8, 4) is 0 Å². The van der Waals surface area contributed by atoms with Gasteiger partial charge in [-0.2, -0.15) is 0 Å². The molecule has 0 saturated heterocycles. The number of halogens is 3. The summed E-state index contributed by atoms with van der Waals surface area (Å²) in [6.07, 6.45) is 5.27. The molecule has 19 heavy (non-hydrogen) atoms. The number of carbonyl (C=O) groups is 1. The van der Waals surface area contributed by atoms with Crippen LogP contribution < -0.4 is 5.32 Å². The van der Waals surface area contributed by atoms with E-state index in [1.165, 1.54) is 6.42 Å². The highest BCUT2D eigenvalue weighted by Crippen LogP contribution is 2.24. The molecular formula is C14H16Cl3NO. The van der Waals surface area contributed by atoms with Crippen molar-refractivity contribution >= 4 is 40.7 Å². The summed E-state index contributed by atoms with van der Waals surface area (Å²) in [4.78, 5) is 12.2. The molecule has 1 fully saturated rings. The van der Waals surface area contributed by atoms with E-state index >= 15 is 0 Å². The lowest BCUT2D eigenvalue weighted by Crippen LogP contribution is -2.40. The van der Waals surface area contributed by atoms with E-state index in [4.69, 9.17) is 34.8 Å². The quantitative estimate of drug-likeness (QED) is 0.623. The van der Waals surface area contributed by atoms with Gasteiger partial charge in [-0.05, 0) is 31.0 Å². The lowest BCUT2D eigenvalue weighted by molar-refractivity contribution is 0.0934. The van der Waals surface area contributed by atoms with E-state index in [2.05, 4.69) is 5.32 Å². The van der Waals surface area contributed by atoms with Crippen LogP contribution >= 0.6 is 34.8 Å². The van der Waals surface area contributed by atoms with Gasteiger partial charge in [0.2, 0.25) is 0 Å². The van der Waals surface area contributed by atoms with E-state index in [9.17, 15) is 4.79 Å². The van der Waals surface area contributed by atoms with E-state index in [1.807, 2.05) is 0 Å². The molecule has 0 aliphatic heterocycles. The number of amides is 1. The number of hydrogen-bond donors (Lipinski definition) is 1. The molecule has 1 aromatic carbocycles. The molecule has 1 N–H and O–H groups in total. The van der Waals surface area contributed by atoms with Crippen LogP contribution in [0.2, 0.25) is 10.0 Å². The van der Waals surface area contributed by atoms with Crippen LogP contribution in [0.3, 0.4) is 0 Å². The fourth-order valence-electron chi connectivity index (χ4n) is 2.34. The predicted molar refractivity (Wildman–Crippen MR) is 80.4 cm³/mol. The maximum Gasteiger partial charge on any atom is 0.253 e. The maximum atomic E-state index is 12.2. The van der Waals surface area contributed by atoms with Crippen molar-refractivity contribution in [2.75, 3.05) is 0 Å². The first-order valence-electron chi connectivity index (χ1n) is 6.48. The zero-order valence-corrected chi connectivity index (χ0v) is 12.7. The molecule has 104 valence electrons. The highest BCUT2D eigenvalue weighted by Gasteiger charge is 2.24. The highest BCUT2D eigenvalue weighted by molar-refractivity contribution is 6.36. The van der Waals surface area contributed by atoms with Gasteiger partial charge in [-0.3, -0.25) is 4.79 Å². The Hall–Kier alpha value is -0.440. The van der Waals surface area contributed by atoms with E-state index in [0.717, 1.165) is 25.7 Å². The Morgan fingerprint density at radius 1 is 1.16 bits per heavy atom. The van der Waals surface area contributed by atoms with Crippen LogP contribution in [0.15, 0.2) is 18.2 Å². The molecule has 2 atom stereocenters. The molecule has 2 rings (SSSR count). The predicted octanol–water partition coefficient (Wildman–Crippen LogP) is 4.66. The van der Waals surface area contributed by atoms with Crippen LogP contribution in [0.25, 0.3) is 0 Å². The summed E-state index contributed by atoms with van der Waals surface area (Å²) in [7, 11) is 0. The van der Waals surface area contributed by atoms with Crippen molar-refractivity contribution < 1.29 is 4.79 Å². The van der Waals surface area contributed by atoms with Crippen LogP contribution in [-0.4, -0.2) is 17.3 Å². The first-order chi connectivity index (χ1) is 9.08. The third-order valence-electron chi connectivity index (χ3n) is 3.42. The number of benzene rings is 1. The second-order valence-electron chi connectivity index (χ2n) is 4.86. The fourth-order valence-corrected chi connectivity index (χ4v) is 3.18. The summed E-state index contributed by atoms with van der Waals surface area (Å²) >= 11 is 18.2. The monoisotopic (exact) mass is 319 g/mol. The SMILES string of the molecule is O=C(NC1CCCCCC1Cl)c1ccc(Cl)cc1Cl. The molecule has 1 aromatic rings. The van der Waals surface area contributed by atoms with Gasteiger partial charge in [0.15, 0.2) is 0 Å². The molecule has 0 heterocycles. The standard InChI is InChI=1S/C14H16Cl3NO/c15-9-6-7-10(12(17)8-9)14(19)18-13-5-3-1-2-4-11(13)16/h6-8,11,13H,1-5H2,(H,18,19). The zero-order chi connectivity index (χ0) is 13.8. The van der Waals surface area contributed by atoms with Gasteiger partial charge in [-0.15, -0.1) is 11.6 Å². The zero-order valence-electron chi connectivity index (χ0n) is 10.5. The normalized spacial score (nSPS) is 23.7. The largest absolute Gasteiger partial charge is 0.348 e. The van der Waals surface area contributed by atoms with Gasteiger partial charge < -0.3 is 5.32 Å². The Bertz CT molecular complexity index is 464. The highest BCUT2D eigenvalue weighted by atomic mass is 35.5. The average Bonchev–Trinajstić information content (AvgIpc) is 2.55. The third kappa shape index (κ3) is 4.01.